The topological polar surface area (TPSA) is 88.0 Å². The molecule has 0 aromatic heterocycles. The number of nitrogens with one attached hydrogen (secondary N) is 1. The number of carbonyl (C=O) groups excluding carboxylic acids is 1. The number of nitroso groups, excluding NO2 is 1. The second-order valence-corrected chi connectivity index (χ2v) is 4.73. The van der Waals surface area contributed by atoms with E-state index >= 15 is 0 Å². The number of para-hydroxylation sites is 1. The number of nitrogens with zero attached hydrogens (tertiary/aromatic N) is 1. The predicted molar refractivity (Wildman–Crippen MR) is 87.2 cm³/mol. The van der Waals surface area contributed by atoms with Gasteiger partial charge >= 0.3 is 0 Å². The Morgan fingerprint density at radius 3 is 2.35 bits per heavy atom. The van der Waals surface area contributed by atoms with E-state index in [2.05, 4.69) is 10.5 Å². The zero-order valence-electron chi connectivity index (χ0n) is 12.5. The van der Waals surface area contributed by atoms with Crippen LogP contribution in [0.1, 0.15) is 5.56 Å². The fourth-order valence-electron chi connectivity index (χ4n) is 1.96. The third kappa shape index (κ3) is 4.41. The molecule has 0 aliphatic rings. The Kier molecular flexibility index (Phi) is 5.46. The van der Waals surface area contributed by atoms with Crippen LogP contribution >= 0.6 is 0 Å². The summed E-state index contributed by atoms with van der Waals surface area (Å²) in [6.45, 7) is 0. The summed E-state index contributed by atoms with van der Waals surface area (Å²) in [4.78, 5) is 23.0. The van der Waals surface area contributed by atoms with Crippen molar-refractivity contribution in [3.05, 3.63) is 76.5 Å². The molecule has 0 atom stereocenters. The highest BCUT2D eigenvalue weighted by Gasteiger charge is 2.17. The van der Waals surface area contributed by atoms with Crippen molar-refractivity contribution in [1.29, 1.82) is 0 Å². The SMILES string of the molecule is COc1ccc(C/C(O)=C(\N=O)C(=O)Nc2ccccc2)cc1. The Bertz CT molecular complexity index is 709. The highest BCUT2D eigenvalue weighted by Crippen LogP contribution is 2.17. The van der Waals surface area contributed by atoms with Crippen LogP contribution in [0.15, 0.2) is 71.2 Å². The first-order valence-corrected chi connectivity index (χ1v) is 6.89. The molecule has 6 nitrogen and oxygen atoms in total. The van der Waals surface area contributed by atoms with Crippen molar-refractivity contribution in [3.63, 3.8) is 0 Å². The van der Waals surface area contributed by atoms with Gasteiger partial charge in [-0.25, -0.2) is 0 Å². The number of allylic oxidation sites excluding steroid dienone is 1. The summed E-state index contributed by atoms with van der Waals surface area (Å²) in [6, 6.07) is 15.5. The molecule has 0 radical (unpaired) electrons. The Balaban J connectivity index is 2.14. The minimum absolute atomic E-state index is 0.0211. The summed E-state index contributed by atoms with van der Waals surface area (Å²) < 4.78 is 5.04. The van der Waals surface area contributed by atoms with Crippen molar-refractivity contribution in [2.24, 2.45) is 5.18 Å². The van der Waals surface area contributed by atoms with Crippen LogP contribution < -0.4 is 10.1 Å². The van der Waals surface area contributed by atoms with Gasteiger partial charge in [-0.3, -0.25) is 4.79 Å². The monoisotopic (exact) mass is 312 g/mol. The Morgan fingerprint density at radius 1 is 1.13 bits per heavy atom. The van der Waals surface area contributed by atoms with Gasteiger partial charge in [-0.05, 0) is 35.0 Å². The lowest BCUT2D eigenvalue weighted by Gasteiger charge is -2.07. The quantitative estimate of drug-likeness (QED) is 0.486. The molecule has 118 valence electrons. The van der Waals surface area contributed by atoms with Crippen LogP contribution in [0.25, 0.3) is 0 Å². The molecule has 0 unspecified atom stereocenters. The summed E-state index contributed by atoms with van der Waals surface area (Å²) in [5, 5.41) is 15.2. The van der Waals surface area contributed by atoms with Crippen LogP contribution in [0.3, 0.4) is 0 Å². The number of methoxy groups -OCH3 is 1. The number of aliphatic hydroxyl groups excluding tert-OH is 1. The van der Waals surface area contributed by atoms with Crippen LogP contribution in [0, 0.1) is 4.91 Å². The summed E-state index contributed by atoms with van der Waals surface area (Å²) in [5.74, 6) is -0.469. The van der Waals surface area contributed by atoms with Crippen LogP contribution in [0.4, 0.5) is 5.69 Å². The number of hydrogen-bond acceptors (Lipinski definition) is 5. The average Bonchev–Trinajstić information content (AvgIpc) is 2.57. The number of amides is 1. The first kappa shape index (κ1) is 16.2. The predicted octanol–water partition coefficient (Wildman–Crippen LogP) is 3.41. The van der Waals surface area contributed by atoms with Gasteiger partial charge in [-0.1, -0.05) is 30.3 Å². The molecule has 0 aliphatic heterocycles. The van der Waals surface area contributed by atoms with Crippen molar-refractivity contribution >= 4 is 11.6 Å². The molecule has 2 aromatic rings. The second-order valence-electron chi connectivity index (χ2n) is 4.73. The summed E-state index contributed by atoms with van der Waals surface area (Å²) in [5.41, 5.74) is 0.692. The van der Waals surface area contributed by atoms with Gasteiger partial charge in [-0.2, -0.15) is 0 Å². The van der Waals surface area contributed by atoms with E-state index in [1.54, 1.807) is 61.7 Å². The molecule has 1 amide bonds. The first-order valence-electron chi connectivity index (χ1n) is 6.89. The molecule has 2 aromatic carbocycles. The molecule has 0 heterocycles. The lowest BCUT2D eigenvalue weighted by Crippen LogP contribution is -2.15. The second kappa shape index (κ2) is 7.74. The summed E-state index contributed by atoms with van der Waals surface area (Å²) in [7, 11) is 1.55. The summed E-state index contributed by atoms with van der Waals surface area (Å²) >= 11 is 0. The average molecular weight is 312 g/mol. The largest absolute Gasteiger partial charge is 0.509 e. The fourth-order valence-corrected chi connectivity index (χ4v) is 1.96. The Morgan fingerprint density at radius 2 is 1.78 bits per heavy atom. The standard InChI is InChI=1S/C17H16N2O4/c1-23-14-9-7-12(8-10-14)11-15(20)16(19-22)17(21)18-13-5-3-2-4-6-13/h2-10,20H,11H2,1H3,(H,18,21)/b16-15+. The third-order valence-electron chi connectivity index (χ3n) is 3.14. The highest BCUT2D eigenvalue weighted by molar-refractivity contribution is 6.03. The molecule has 6 heteroatoms. The number of anilines is 1. The number of rotatable bonds is 6. The molecule has 23 heavy (non-hydrogen) atoms. The molecule has 0 bridgehead atoms. The zero-order valence-corrected chi connectivity index (χ0v) is 12.5. The number of ether oxygens (including phenoxy) is 1. The van der Waals surface area contributed by atoms with Gasteiger partial charge in [0.25, 0.3) is 5.91 Å². The van der Waals surface area contributed by atoms with E-state index in [9.17, 15) is 14.8 Å². The lowest BCUT2D eigenvalue weighted by molar-refractivity contribution is -0.113. The van der Waals surface area contributed by atoms with Crippen molar-refractivity contribution < 1.29 is 14.6 Å². The van der Waals surface area contributed by atoms with Crippen LogP contribution in [0.5, 0.6) is 5.75 Å². The summed E-state index contributed by atoms with van der Waals surface area (Å²) in [6.07, 6.45) is 0.0211. The molecule has 0 spiro atoms. The van der Waals surface area contributed by atoms with Gasteiger partial charge in [0.05, 0.1) is 7.11 Å². The van der Waals surface area contributed by atoms with E-state index in [0.717, 1.165) is 5.56 Å². The van der Waals surface area contributed by atoms with Gasteiger partial charge in [0, 0.05) is 12.1 Å². The smallest absolute Gasteiger partial charge is 0.281 e. The molecule has 0 saturated carbocycles. The Hall–Kier alpha value is -3.15. The van der Waals surface area contributed by atoms with E-state index in [-0.39, 0.29) is 6.42 Å². The fraction of sp³-hybridized carbons (Fsp3) is 0.118. The van der Waals surface area contributed by atoms with Crippen molar-refractivity contribution in [2.45, 2.75) is 6.42 Å². The normalized spacial score (nSPS) is 11.3. The molecular formula is C17H16N2O4. The molecule has 0 saturated heterocycles. The van der Waals surface area contributed by atoms with Gasteiger partial charge in [0.15, 0.2) is 0 Å². The zero-order chi connectivity index (χ0) is 16.7. The minimum atomic E-state index is -0.753. The highest BCUT2D eigenvalue weighted by atomic mass is 16.5. The molecule has 0 aliphatic carbocycles. The number of carbonyl (C=O) groups is 1. The first-order chi connectivity index (χ1) is 11.1. The Labute approximate surface area is 133 Å². The minimum Gasteiger partial charge on any atom is -0.509 e. The number of aliphatic hydroxyl groups is 1. The van der Waals surface area contributed by atoms with E-state index in [1.165, 1.54) is 0 Å². The van der Waals surface area contributed by atoms with Crippen LogP contribution in [0.2, 0.25) is 0 Å². The van der Waals surface area contributed by atoms with Gasteiger partial charge < -0.3 is 15.2 Å². The molecule has 0 fully saturated rings. The van der Waals surface area contributed by atoms with Gasteiger partial charge in [-0.15, -0.1) is 4.91 Å². The maximum Gasteiger partial charge on any atom is 0.281 e. The van der Waals surface area contributed by atoms with E-state index in [1.807, 2.05) is 0 Å². The molecule has 2 N–H and O–H groups in total. The molecule has 2 rings (SSSR count). The van der Waals surface area contributed by atoms with Crippen molar-refractivity contribution in [3.8, 4) is 5.75 Å². The van der Waals surface area contributed by atoms with E-state index in [0.29, 0.717) is 11.4 Å². The van der Waals surface area contributed by atoms with Gasteiger partial charge in [0.1, 0.15) is 11.5 Å². The third-order valence-corrected chi connectivity index (χ3v) is 3.14. The van der Waals surface area contributed by atoms with Crippen molar-refractivity contribution in [2.75, 3.05) is 12.4 Å². The van der Waals surface area contributed by atoms with Crippen LogP contribution in [-0.2, 0) is 11.2 Å². The molecular weight excluding hydrogens is 296 g/mol. The van der Waals surface area contributed by atoms with E-state index < -0.39 is 17.4 Å². The number of hydrogen-bond donors (Lipinski definition) is 2. The van der Waals surface area contributed by atoms with E-state index in [4.69, 9.17) is 4.74 Å². The maximum absolute atomic E-state index is 12.0. The van der Waals surface area contributed by atoms with Crippen LogP contribution in [-0.4, -0.2) is 18.1 Å². The number of benzene rings is 2. The lowest BCUT2D eigenvalue weighted by atomic mass is 10.1. The maximum atomic E-state index is 12.0. The van der Waals surface area contributed by atoms with Crippen molar-refractivity contribution in [1.82, 2.24) is 0 Å². The van der Waals surface area contributed by atoms with Gasteiger partial charge in [0.2, 0.25) is 5.70 Å².